The van der Waals surface area contributed by atoms with Crippen LogP contribution in [0.2, 0.25) is 0 Å². The van der Waals surface area contributed by atoms with E-state index in [1.807, 2.05) is 19.1 Å². The average Bonchev–Trinajstić information content (AvgIpc) is 2.45. The highest BCUT2D eigenvalue weighted by molar-refractivity contribution is 6.02. The van der Waals surface area contributed by atoms with Crippen LogP contribution in [0.25, 0.3) is 0 Å². The Hall–Kier alpha value is -2.36. The van der Waals surface area contributed by atoms with Gasteiger partial charge in [-0.1, -0.05) is 24.3 Å². The van der Waals surface area contributed by atoms with Gasteiger partial charge in [-0.2, -0.15) is 0 Å². The van der Waals surface area contributed by atoms with Crippen molar-refractivity contribution in [3.63, 3.8) is 0 Å². The van der Waals surface area contributed by atoms with E-state index in [2.05, 4.69) is 4.98 Å². The molecule has 1 aromatic heterocycles. The Kier molecular flexibility index (Phi) is 4.35. The number of rotatable bonds is 5. The number of hydrogen-bond acceptors (Lipinski definition) is 3. The molecule has 0 aliphatic heterocycles. The lowest BCUT2D eigenvalue weighted by molar-refractivity contribution is 0.0912. The molecule has 0 aliphatic carbocycles. The molecule has 0 unspecified atom stereocenters. The Balaban J connectivity index is 2.03. The molecule has 2 aromatic rings. The molecule has 2 rings (SSSR count). The Morgan fingerprint density at radius 3 is 2.45 bits per heavy atom. The maximum Gasteiger partial charge on any atom is 0.184 e. The summed E-state index contributed by atoms with van der Waals surface area (Å²) in [4.78, 5) is 27.6. The predicted octanol–water partition coefficient (Wildman–Crippen LogP) is 3.37. The van der Waals surface area contributed by atoms with Gasteiger partial charge in [0.2, 0.25) is 0 Å². The summed E-state index contributed by atoms with van der Waals surface area (Å²) in [6, 6.07) is 9.80. The third-order valence-electron chi connectivity index (χ3n) is 3.05. The van der Waals surface area contributed by atoms with Crippen LogP contribution in [-0.2, 0) is 0 Å². The normalized spacial score (nSPS) is 10.3. The van der Waals surface area contributed by atoms with Gasteiger partial charge in [-0.25, -0.2) is 4.39 Å². The Morgan fingerprint density at radius 2 is 1.75 bits per heavy atom. The van der Waals surface area contributed by atoms with Gasteiger partial charge in [-0.15, -0.1) is 0 Å². The first kappa shape index (κ1) is 14.1. The maximum atomic E-state index is 13.4. The minimum absolute atomic E-state index is 0.0406. The van der Waals surface area contributed by atoms with Crippen molar-refractivity contribution in [2.24, 2.45) is 0 Å². The molecule has 0 aliphatic rings. The van der Waals surface area contributed by atoms with Gasteiger partial charge in [-0.05, 0) is 24.6 Å². The number of aryl methyl sites for hydroxylation is 1. The Bertz CT molecular complexity index is 595. The minimum atomic E-state index is -0.652. The van der Waals surface area contributed by atoms with Crippen molar-refractivity contribution in [3.8, 4) is 0 Å². The molecule has 1 heterocycles. The molecule has 4 heteroatoms. The summed E-state index contributed by atoms with van der Waals surface area (Å²) in [6.07, 6.45) is 1.38. The highest BCUT2D eigenvalue weighted by Crippen LogP contribution is 2.13. The minimum Gasteiger partial charge on any atom is -0.294 e. The van der Waals surface area contributed by atoms with Crippen LogP contribution in [0, 0.1) is 12.7 Å². The lowest BCUT2D eigenvalue weighted by Crippen LogP contribution is -2.09. The van der Waals surface area contributed by atoms with E-state index in [1.165, 1.54) is 18.3 Å². The zero-order chi connectivity index (χ0) is 14.5. The van der Waals surface area contributed by atoms with Crippen LogP contribution in [0.5, 0.6) is 0 Å². The van der Waals surface area contributed by atoms with Crippen molar-refractivity contribution < 1.29 is 14.0 Å². The van der Waals surface area contributed by atoms with Gasteiger partial charge in [0, 0.05) is 24.6 Å². The second kappa shape index (κ2) is 6.19. The van der Waals surface area contributed by atoms with E-state index in [0.29, 0.717) is 5.56 Å². The number of aromatic nitrogens is 1. The van der Waals surface area contributed by atoms with E-state index in [9.17, 15) is 14.0 Å². The molecule has 0 radical (unpaired) electrons. The molecule has 0 saturated carbocycles. The fourth-order valence-electron chi connectivity index (χ4n) is 1.96. The van der Waals surface area contributed by atoms with Crippen LogP contribution in [0.1, 0.15) is 39.3 Å². The van der Waals surface area contributed by atoms with Gasteiger partial charge in [0.1, 0.15) is 5.69 Å². The van der Waals surface area contributed by atoms with Crippen molar-refractivity contribution >= 4 is 11.6 Å². The van der Waals surface area contributed by atoms with Gasteiger partial charge in [-0.3, -0.25) is 14.6 Å². The summed E-state index contributed by atoms with van der Waals surface area (Å²) in [6.45, 7) is 1.84. The lowest BCUT2D eigenvalue weighted by Gasteiger charge is -2.04. The van der Waals surface area contributed by atoms with Crippen molar-refractivity contribution in [2.75, 3.05) is 0 Å². The molecular formula is C16H14FNO2. The van der Waals surface area contributed by atoms with Gasteiger partial charge in [0.05, 0.1) is 0 Å². The molecular weight excluding hydrogens is 257 g/mol. The first-order valence-electron chi connectivity index (χ1n) is 6.32. The maximum absolute atomic E-state index is 13.4. The fraction of sp³-hybridized carbons (Fsp3) is 0.188. The first-order valence-corrected chi connectivity index (χ1v) is 6.32. The highest BCUT2D eigenvalue weighted by Gasteiger charge is 2.15. The molecule has 0 saturated heterocycles. The molecule has 0 bridgehead atoms. The number of halogens is 1. The smallest absolute Gasteiger partial charge is 0.184 e. The Morgan fingerprint density at radius 1 is 1.05 bits per heavy atom. The summed E-state index contributed by atoms with van der Waals surface area (Å²) in [5.74, 6) is -1.22. The molecule has 0 N–H and O–H groups in total. The molecule has 3 nitrogen and oxygen atoms in total. The lowest BCUT2D eigenvalue weighted by atomic mass is 10.00. The fourth-order valence-corrected chi connectivity index (χ4v) is 1.96. The zero-order valence-corrected chi connectivity index (χ0v) is 11.1. The summed E-state index contributed by atoms with van der Waals surface area (Å²) in [5, 5.41) is 0. The van der Waals surface area contributed by atoms with Crippen LogP contribution >= 0.6 is 0 Å². The van der Waals surface area contributed by atoms with E-state index in [1.54, 1.807) is 12.1 Å². The SMILES string of the molecule is Cc1ccccc1C(=O)CCC(=O)c1ncccc1F. The van der Waals surface area contributed by atoms with Crippen molar-refractivity contribution in [1.29, 1.82) is 0 Å². The van der Waals surface area contributed by atoms with Crippen LogP contribution in [-0.4, -0.2) is 16.6 Å². The number of Topliss-reactive ketones (excluding diaryl/α,β-unsaturated/α-hetero) is 2. The van der Waals surface area contributed by atoms with E-state index in [-0.39, 0.29) is 24.3 Å². The third kappa shape index (κ3) is 3.15. The number of ketones is 2. The number of hydrogen-bond donors (Lipinski definition) is 0. The molecule has 0 fully saturated rings. The predicted molar refractivity (Wildman–Crippen MR) is 73.3 cm³/mol. The summed E-state index contributed by atoms with van der Waals surface area (Å²) in [5.41, 5.74) is 1.26. The molecule has 20 heavy (non-hydrogen) atoms. The number of benzene rings is 1. The van der Waals surface area contributed by atoms with Gasteiger partial charge in [0.25, 0.3) is 0 Å². The van der Waals surface area contributed by atoms with E-state index in [0.717, 1.165) is 5.56 Å². The molecule has 0 spiro atoms. The number of carbonyl (C=O) groups excluding carboxylic acids is 2. The highest BCUT2D eigenvalue weighted by atomic mass is 19.1. The third-order valence-corrected chi connectivity index (χ3v) is 3.05. The quantitative estimate of drug-likeness (QED) is 0.783. The summed E-state index contributed by atoms with van der Waals surface area (Å²) < 4.78 is 13.4. The molecule has 0 amide bonds. The van der Waals surface area contributed by atoms with Crippen molar-refractivity contribution in [1.82, 2.24) is 4.98 Å². The number of nitrogens with zero attached hydrogens (tertiary/aromatic N) is 1. The summed E-state index contributed by atoms with van der Waals surface area (Å²) in [7, 11) is 0. The second-order valence-corrected chi connectivity index (χ2v) is 4.50. The van der Waals surface area contributed by atoms with E-state index >= 15 is 0 Å². The van der Waals surface area contributed by atoms with E-state index < -0.39 is 11.6 Å². The van der Waals surface area contributed by atoms with E-state index in [4.69, 9.17) is 0 Å². The van der Waals surface area contributed by atoms with Crippen LogP contribution in [0.4, 0.5) is 4.39 Å². The van der Waals surface area contributed by atoms with Crippen molar-refractivity contribution in [3.05, 3.63) is 65.2 Å². The number of carbonyl (C=O) groups is 2. The zero-order valence-electron chi connectivity index (χ0n) is 11.1. The van der Waals surface area contributed by atoms with Crippen molar-refractivity contribution in [2.45, 2.75) is 19.8 Å². The monoisotopic (exact) mass is 271 g/mol. The first-order chi connectivity index (χ1) is 9.59. The van der Waals surface area contributed by atoms with Crippen LogP contribution in [0.3, 0.4) is 0 Å². The molecule has 102 valence electrons. The molecule has 1 aromatic carbocycles. The van der Waals surface area contributed by atoms with Gasteiger partial charge >= 0.3 is 0 Å². The standard InChI is InChI=1S/C16H14FNO2/c1-11-5-2-3-6-12(11)14(19)8-9-15(20)16-13(17)7-4-10-18-16/h2-7,10H,8-9H2,1H3. The average molecular weight is 271 g/mol. The second-order valence-electron chi connectivity index (χ2n) is 4.50. The topological polar surface area (TPSA) is 47.0 Å². The van der Waals surface area contributed by atoms with Gasteiger partial charge in [0.15, 0.2) is 17.4 Å². The Labute approximate surface area is 116 Å². The van der Waals surface area contributed by atoms with Crippen LogP contribution in [0.15, 0.2) is 42.6 Å². The number of pyridine rings is 1. The molecule has 0 atom stereocenters. The van der Waals surface area contributed by atoms with Gasteiger partial charge < -0.3 is 0 Å². The van der Waals surface area contributed by atoms with Crippen LogP contribution < -0.4 is 0 Å². The largest absolute Gasteiger partial charge is 0.294 e. The summed E-state index contributed by atoms with van der Waals surface area (Å²) >= 11 is 0.